The lowest BCUT2D eigenvalue weighted by Gasteiger charge is -2.08. The molecule has 0 amide bonds. The van der Waals surface area contributed by atoms with E-state index in [2.05, 4.69) is 4.98 Å². The van der Waals surface area contributed by atoms with Gasteiger partial charge in [0.2, 0.25) is 0 Å². The topological polar surface area (TPSA) is 38.9 Å². The molecule has 0 bridgehead atoms. The number of benzene rings is 1. The first-order valence-corrected chi connectivity index (χ1v) is 5.51. The van der Waals surface area contributed by atoms with Gasteiger partial charge in [0, 0.05) is 34.6 Å². The maximum Gasteiger partial charge on any atom is 0.0484 e. The van der Waals surface area contributed by atoms with E-state index in [1.165, 1.54) is 0 Å². The van der Waals surface area contributed by atoms with Gasteiger partial charge in [-0.3, -0.25) is 4.98 Å². The van der Waals surface area contributed by atoms with Crippen molar-refractivity contribution in [2.45, 2.75) is 13.0 Å². The zero-order valence-corrected chi connectivity index (χ0v) is 9.78. The normalized spacial score (nSPS) is 12.4. The summed E-state index contributed by atoms with van der Waals surface area (Å²) in [5.74, 6) is 0. The minimum absolute atomic E-state index is 0.0186. The van der Waals surface area contributed by atoms with Crippen LogP contribution >= 0.6 is 11.6 Å². The molecule has 0 aliphatic carbocycles. The van der Waals surface area contributed by atoms with Crippen molar-refractivity contribution in [3.8, 4) is 11.1 Å². The number of nitrogens with zero attached hydrogens (tertiary/aromatic N) is 1. The smallest absolute Gasteiger partial charge is 0.0484 e. The molecule has 0 radical (unpaired) electrons. The summed E-state index contributed by atoms with van der Waals surface area (Å²) in [7, 11) is 0. The number of hydrogen-bond acceptors (Lipinski definition) is 2. The molecule has 1 atom stereocenters. The van der Waals surface area contributed by atoms with E-state index in [1.807, 2.05) is 37.3 Å². The molecule has 0 spiro atoms. The molecule has 1 aromatic heterocycles. The summed E-state index contributed by atoms with van der Waals surface area (Å²) in [6.07, 6.45) is 3.58. The number of halogens is 1. The number of rotatable bonds is 2. The second kappa shape index (κ2) is 4.64. The summed E-state index contributed by atoms with van der Waals surface area (Å²) < 4.78 is 0. The first kappa shape index (κ1) is 11.1. The van der Waals surface area contributed by atoms with E-state index in [0.717, 1.165) is 21.7 Å². The fourth-order valence-corrected chi connectivity index (χ4v) is 1.79. The SMILES string of the molecule is CC(N)c1cncc(-c2ccccc2Cl)c1. The highest BCUT2D eigenvalue weighted by Gasteiger charge is 2.05. The molecule has 2 rings (SSSR count). The van der Waals surface area contributed by atoms with Gasteiger partial charge in [0.25, 0.3) is 0 Å². The molecule has 2 N–H and O–H groups in total. The third-order valence-corrected chi connectivity index (χ3v) is 2.80. The van der Waals surface area contributed by atoms with Crippen LogP contribution in [-0.2, 0) is 0 Å². The van der Waals surface area contributed by atoms with Crippen molar-refractivity contribution >= 4 is 11.6 Å². The zero-order valence-electron chi connectivity index (χ0n) is 9.02. The van der Waals surface area contributed by atoms with E-state index in [9.17, 15) is 0 Å². The first-order chi connectivity index (χ1) is 7.68. The molecule has 0 aliphatic heterocycles. The Hall–Kier alpha value is -1.38. The molecular formula is C13H13ClN2. The Balaban J connectivity index is 2.49. The van der Waals surface area contributed by atoms with E-state index < -0.39 is 0 Å². The first-order valence-electron chi connectivity index (χ1n) is 5.14. The van der Waals surface area contributed by atoms with E-state index >= 15 is 0 Å². The maximum atomic E-state index is 6.13. The van der Waals surface area contributed by atoms with E-state index in [-0.39, 0.29) is 6.04 Å². The molecular weight excluding hydrogens is 220 g/mol. The van der Waals surface area contributed by atoms with Crippen molar-refractivity contribution in [2.24, 2.45) is 5.73 Å². The lowest BCUT2D eigenvalue weighted by molar-refractivity contribution is 0.812. The second-order valence-corrected chi connectivity index (χ2v) is 4.18. The Labute approximate surface area is 100 Å². The summed E-state index contributed by atoms with van der Waals surface area (Å²) in [4.78, 5) is 4.18. The van der Waals surface area contributed by atoms with Crippen molar-refractivity contribution in [3.05, 3.63) is 53.3 Å². The zero-order chi connectivity index (χ0) is 11.5. The van der Waals surface area contributed by atoms with Gasteiger partial charge < -0.3 is 5.73 Å². The highest BCUT2D eigenvalue weighted by atomic mass is 35.5. The monoisotopic (exact) mass is 232 g/mol. The standard InChI is InChI=1S/C13H13ClN2/c1-9(15)10-6-11(8-16-7-10)12-4-2-3-5-13(12)14/h2-9H,15H2,1H3. The van der Waals surface area contributed by atoms with Crippen LogP contribution in [0.3, 0.4) is 0 Å². The van der Waals surface area contributed by atoms with Crippen molar-refractivity contribution < 1.29 is 0 Å². The van der Waals surface area contributed by atoms with E-state index in [4.69, 9.17) is 17.3 Å². The van der Waals surface area contributed by atoms with Crippen molar-refractivity contribution in [1.82, 2.24) is 4.98 Å². The van der Waals surface area contributed by atoms with Gasteiger partial charge in [-0.05, 0) is 24.6 Å². The quantitative estimate of drug-likeness (QED) is 0.862. The fourth-order valence-electron chi connectivity index (χ4n) is 1.55. The van der Waals surface area contributed by atoms with Crippen molar-refractivity contribution in [2.75, 3.05) is 0 Å². The van der Waals surface area contributed by atoms with Crippen LogP contribution in [0.25, 0.3) is 11.1 Å². The van der Waals surface area contributed by atoms with Crippen LogP contribution in [0.2, 0.25) is 5.02 Å². The number of hydrogen-bond donors (Lipinski definition) is 1. The van der Waals surface area contributed by atoms with Crippen LogP contribution in [-0.4, -0.2) is 4.98 Å². The van der Waals surface area contributed by atoms with Crippen molar-refractivity contribution in [1.29, 1.82) is 0 Å². The predicted molar refractivity (Wildman–Crippen MR) is 67.3 cm³/mol. The molecule has 1 unspecified atom stereocenters. The summed E-state index contributed by atoms with van der Waals surface area (Å²) >= 11 is 6.13. The van der Waals surface area contributed by atoms with Crippen molar-refractivity contribution in [3.63, 3.8) is 0 Å². The summed E-state index contributed by atoms with van der Waals surface area (Å²) in [5.41, 5.74) is 8.82. The number of pyridine rings is 1. The van der Waals surface area contributed by atoms with Crippen LogP contribution < -0.4 is 5.73 Å². The lowest BCUT2D eigenvalue weighted by Crippen LogP contribution is -2.05. The van der Waals surface area contributed by atoms with Gasteiger partial charge in [0.1, 0.15) is 0 Å². The average Bonchev–Trinajstić information content (AvgIpc) is 2.30. The largest absolute Gasteiger partial charge is 0.324 e. The van der Waals surface area contributed by atoms with E-state index in [0.29, 0.717) is 0 Å². The summed E-state index contributed by atoms with van der Waals surface area (Å²) in [5, 5.41) is 0.728. The number of nitrogens with two attached hydrogens (primary N) is 1. The predicted octanol–water partition coefficient (Wildman–Crippen LogP) is 3.42. The van der Waals surface area contributed by atoms with Gasteiger partial charge in [-0.1, -0.05) is 29.8 Å². The lowest BCUT2D eigenvalue weighted by atomic mass is 10.0. The molecule has 2 nitrogen and oxygen atoms in total. The van der Waals surface area contributed by atoms with E-state index in [1.54, 1.807) is 12.4 Å². The molecule has 16 heavy (non-hydrogen) atoms. The Morgan fingerprint density at radius 2 is 2.00 bits per heavy atom. The summed E-state index contributed by atoms with van der Waals surface area (Å²) in [6, 6.07) is 9.72. The minimum Gasteiger partial charge on any atom is -0.324 e. The van der Waals surface area contributed by atoms with Crippen LogP contribution in [0.15, 0.2) is 42.7 Å². The third kappa shape index (κ3) is 2.23. The van der Waals surface area contributed by atoms with Crippen LogP contribution in [0.4, 0.5) is 0 Å². The van der Waals surface area contributed by atoms with Gasteiger partial charge >= 0.3 is 0 Å². The molecule has 3 heteroatoms. The molecule has 0 saturated carbocycles. The van der Waals surface area contributed by atoms with Gasteiger partial charge in [0.15, 0.2) is 0 Å². The Bertz CT molecular complexity index is 495. The Morgan fingerprint density at radius 3 is 2.69 bits per heavy atom. The Morgan fingerprint density at radius 1 is 1.25 bits per heavy atom. The van der Waals surface area contributed by atoms with Gasteiger partial charge in [0.05, 0.1) is 0 Å². The van der Waals surface area contributed by atoms with Crippen LogP contribution in [0.1, 0.15) is 18.5 Å². The molecule has 0 aliphatic rings. The fraction of sp³-hybridized carbons (Fsp3) is 0.154. The molecule has 1 aromatic carbocycles. The van der Waals surface area contributed by atoms with Gasteiger partial charge in [-0.15, -0.1) is 0 Å². The van der Waals surface area contributed by atoms with Crippen LogP contribution in [0, 0.1) is 0 Å². The highest BCUT2D eigenvalue weighted by molar-refractivity contribution is 6.33. The Kier molecular flexibility index (Phi) is 3.22. The molecule has 0 saturated heterocycles. The highest BCUT2D eigenvalue weighted by Crippen LogP contribution is 2.28. The minimum atomic E-state index is -0.0186. The molecule has 0 fully saturated rings. The average molecular weight is 233 g/mol. The molecule has 82 valence electrons. The maximum absolute atomic E-state index is 6.13. The summed E-state index contributed by atoms with van der Waals surface area (Å²) in [6.45, 7) is 1.94. The van der Waals surface area contributed by atoms with Crippen LogP contribution in [0.5, 0.6) is 0 Å². The number of aromatic nitrogens is 1. The molecule has 2 aromatic rings. The third-order valence-electron chi connectivity index (χ3n) is 2.47. The van der Waals surface area contributed by atoms with Gasteiger partial charge in [-0.2, -0.15) is 0 Å². The van der Waals surface area contributed by atoms with Gasteiger partial charge in [-0.25, -0.2) is 0 Å². The second-order valence-electron chi connectivity index (χ2n) is 3.78. The molecule has 1 heterocycles.